The van der Waals surface area contributed by atoms with Crippen LogP contribution in [0.1, 0.15) is 31.1 Å². The molecule has 0 bridgehead atoms. The van der Waals surface area contributed by atoms with Gasteiger partial charge >= 0.3 is 23.9 Å². The van der Waals surface area contributed by atoms with E-state index >= 15 is 0 Å². The van der Waals surface area contributed by atoms with E-state index in [9.17, 15) is 40.3 Å². The van der Waals surface area contributed by atoms with E-state index in [0.717, 1.165) is 30.6 Å². The van der Waals surface area contributed by atoms with E-state index < -0.39 is 35.8 Å². The zero-order valence-electron chi connectivity index (χ0n) is 20.8. The van der Waals surface area contributed by atoms with E-state index in [2.05, 4.69) is 15.4 Å². The summed E-state index contributed by atoms with van der Waals surface area (Å²) in [6.07, 6.45) is -5.68. The first-order valence-electron chi connectivity index (χ1n) is 11.5. The Bertz CT molecular complexity index is 1400. The van der Waals surface area contributed by atoms with Crippen LogP contribution in [0.15, 0.2) is 36.8 Å². The number of carbonyl (C=O) groups is 2. The average Bonchev–Trinajstić information content (AvgIpc) is 3.59. The first kappa shape index (κ1) is 32.1. The number of nitrogens with two attached hydrogens (primary N) is 1. The number of Topliss-reactive ketones (excluding diaryl/α,β-unsaturated/α-hetero) is 2. The van der Waals surface area contributed by atoms with Crippen LogP contribution in [0.4, 0.5) is 36.6 Å². The van der Waals surface area contributed by atoms with Crippen molar-refractivity contribution in [2.45, 2.75) is 37.8 Å². The largest absolute Gasteiger partial charge is 0.482 e. The fourth-order valence-corrected chi connectivity index (χ4v) is 4.36. The van der Waals surface area contributed by atoms with Crippen molar-refractivity contribution in [1.29, 1.82) is 0 Å². The Morgan fingerprint density at radius 3 is 2.29 bits per heavy atom. The molecule has 1 fully saturated rings. The predicted octanol–water partition coefficient (Wildman–Crippen LogP) is 5.90. The van der Waals surface area contributed by atoms with Crippen LogP contribution in [0.5, 0.6) is 5.75 Å². The number of hydrogen-bond donors (Lipinski definition) is 2. The number of hydrogen-bond acceptors (Lipinski definition) is 7. The second-order valence-electron chi connectivity index (χ2n) is 8.63. The zero-order valence-corrected chi connectivity index (χ0v) is 22.3. The monoisotopic (exact) mass is 629 g/mol. The van der Waals surface area contributed by atoms with Gasteiger partial charge in [-0.15, -0.1) is 0 Å². The third-order valence-electron chi connectivity index (χ3n) is 5.74. The SMILES string of the molecule is CC(Oc1cc(-c2cnn(C3CCNC3)c2)cnc1N)c1c(Cl)ccc(F)c1Cl.O=C(C(=O)C(F)(F)F)C(F)(F)F. The van der Waals surface area contributed by atoms with Crippen molar-refractivity contribution in [1.82, 2.24) is 20.1 Å². The van der Waals surface area contributed by atoms with Gasteiger partial charge in [0.15, 0.2) is 11.6 Å². The number of aromatic nitrogens is 3. The lowest BCUT2D eigenvalue weighted by Gasteiger charge is -2.19. The highest BCUT2D eigenvalue weighted by Crippen LogP contribution is 2.37. The number of nitrogens with one attached hydrogen (secondary N) is 1. The smallest absolute Gasteiger partial charge is 0.458 e. The van der Waals surface area contributed by atoms with Crippen molar-refractivity contribution in [3.05, 3.63) is 58.2 Å². The predicted molar refractivity (Wildman–Crippen MR) is 134 cm³/mol. The molecule has 41 heavy (non-hydrogen) atoms. The number of anilines is 1. The van der Waals surface area contributed by atoms with Gasteiger partial charge < -0.3 is 15.8 Å². The first-order valence-corrected chi connectivity index (χ1v) is 12.3. The fourth-order valence-electron chi connectivity index (χ4n) is 3.68. The first-order chi connectivity index (χ1) is 19.0. The third kappa shape index (κ3) is 7.86. The summed E-state index contributed by atoms with van der Waals surface area (Å²) in [5.41, 5.74) is 8.08. The second-order valence-corrected chi connectivity index (χ2v) is 9.42. The Labute approximate surface area is 237 Å². The van der Waals surface area contributed by atoms with E-state index in [1.54, 1.807) is 25.4 Å². The van der Waals surface area contributed by atoms with Crippen LogP contribution < -0.4 is 15.8 Å². The number of pyridine rings is 1. The van der Waals surface area contributed by atoms with E-state index in [4.69, 9.17) is 33.7 Å². The minimum Gasteiger partial charge on any atom is -0.482 e. The molecule has 222 valence electrons. The molecule has 3 heterocycles. The molecule has 4 rings (SSSR count). The lowest BCUT2D eigenvalue weighted by molar-refractivity contribution is -0.193. The standard InChI is InChI=1S/C20H20Cl2FN5O.C4F6O2/c1-11(18-15(21)2-3-16(23)19(18)22)29-17-6-12(7-26-20(17)24)13-8-27-28(10-13)14-4-5-25-9-14;5-3(6,7)1(11)2(12)4(8,9)10/h2-3,6-8,10-11,14,25H,4-5,9H2,1H3,(H2,24,26);. The van der Waals surface area contributed by atoms with Crippen molar-refractivity contribution < 1.29 is 45.1 Å². The topological polar surface area (TPSA) is 112 Å². The van der Waals surface area contributed by atoms with Crippen molar-refractivity contribution in [2.75, 3.05) is 18.8 Å². The summed E-state index contributed by atoms with van der Waals surface area (Å²) in [7, 11) is 0. The number of ether oxygens (including phenoxy) is 1. The molecule has 1 saturated heterocycles. The number of carbonyl (C=O) groups excluding carboxylic acids is 2. The number of alkyl halides is 6. The summed E-state index contributed by atoms with van der Waals surface area (Å²) >= 11 is 12.3. The van der Waals surface area contributed by atoms with E-state index in [-0.39, 0.29) is 10.8 Å². The number of nitrogens with zero attached hydrogens (tertiary/aromatic N) is 3. The van der Waals surface area contributed by atoms with Crippen molar-refractivity contribution >= 4 is 40.6 Å². The van der Waals surface area contributed by atoms with Gasteiger partial charge in [-0.2, -0.15) is 31.4 Å². The quantitative estimate of drug-likeness (QED) is 0.198. The molecule has 1 aliphatic rings. The summed E-state index contributed by atoms with van der Waals surface area (Å²) in [6.45, 7) is 3.62. The Morgan fingerprint density at radius 2 is 1.73 bits per heavy atom. The maximum absolute atomic E-state index is 13.9. The maximum atomic E-state index is 13.9. The molecule has 1 aliphatic heterocycles. The molecule has 2 aromatic heterocycles. The molecule has 0 amide bonds. The molecule has 3 N–H and O–H groups in total. The average molecular weight is 630 g/mol. The lowest BCUT2D eigenvalue weighted by Crippen LogP contribution is -2.39. The van der Waals surface area contributed by atoms with Crippen molar-refractivity contribution in [2.24, 2.45) is 0 Å². The van der Waals surface area contributed by atoms with Crippen LogP contribution in [0, 0.1) is 5.82 Å². The number of rotatable bonds is 6. The number of ketones is 2. The molecule has 0 aliphatic carbocycles. The molecule has 3 aromatic rings. The van der Waals surface area contributed by atoms with Gasteiger partial charge in [0.05, 0.1) is 17.3 Å². The molecule has 0 spiro atoms. The molecule has 17 heteroatoms. The molecule has 0 saturated carbocycles. The summed E-state index contributed by atoms with van der Waals surface area (Å²) in [5.74, 6) is -6.79. The molecular formula is C24H20Cl2F7N5O3. The summed E-state index contributed by atoms with van der Waals surface area (Å²) < 4.78 is 88.7. The Balaban J connectivity index is 0.000000327. The van der Waals surface area contributed by atoms with Crippen LogP contribution in [0.3, 0.4) is 0 Å². The highest BCUT2D eigenvalue weighted by molar-refractivity contribution is 6.41. The minimum absolute atomic E-state index is 0.0702. The molecule has 0 radical (unpaired) electrons. The van der Waals surface area contributed by atoms with E-state index in [1.165, 1.54) is 12.1 Å². The highest BCUT2D eigenvalue weighted by atomic mass is 35.5. The van der Waals surface area contributed by atoms with Crippen molar-refractivity contribution in [3.8, 4) is 16.9 Å². The lowest BCUT2D eigenvalue weighted by atomic mass is 10.1. The van der Waals surface area contributed by atoms with Crippen LogP contribution in [-0.4, -0.2) is 51.8 Å². The van der Waals surface area contributed by atoms with Crippen LogP contribution in [0.25, 0.3) is 11.1 Å². The number of nitrogen functional groups attached to an aromatic ring is 1. The number of benzene rings is 1. The van der Waals surface area contributed by atoms with E-state index in [1.807, 2.05) is 10.9 Å². The summed E-state index contributed by atoms with van der Waals surface area (Å²) in [5, 5.41) is 8.04. The van der Waals surface area contributed by atoms with Gasteiger partial charge in [0.25, 0.3) is 0 Å². The molecule has 1 aromatic carbocycles. The van der Waals surface area contributed by atoms with Gasteiger partial charge in [-0.3, -0.25) is 14.3 Å². The Morgan fingerprint density at radius 1 is 1.10 bits per heavy atom. The Kier molecular flexibility index (Phi) is 9.87. The maximum Gasteiger partial charge on any atom is 0.458 e. The van der Waals surface area contributed by atoms with Gasteiger partial charge in [-0.25, -0.2) is 9.37 Å². The minimum atomic E-state index is -5.77. The zero-order chi connectivity index (χ0) is 30.7. The van der Waals surface area contributed by atoms with Crippen LogP contribution in [0.2, 0.25) is 10.0 Å². The van der Waals surface area contributed by atoms with Crippen LogP contribution >= 0.6 is 23.2 Å². The molecule has 2 unspecified atom stereocenters. The molecule has 8 nitrogen and oxygen atoms in total. The van der Waals surface area contributed by atoms with E-state index in [0.29, 0.717) is 22.4 Å². The molecular weight excluding hydrogens is 610 g/mol. The number of halogens is 9. The fraction of sp³-hybridized carbons (Fsp3) is 0.333. The second kappa shape index (κ2) is 12.6. The highest BCUT2D eigenvalue weighted by Gasteiger charge is 2.54. The van der Waals surface area contributed by atoms with Gasteiger partial charge in [-0.05, 0) is 38.1 Å². The van der Waals surface area contributed by atoms with Gasteiger partial charge in [0.1, 0.15) is 11.9 Å². The van der Waals surface area contributed by atoms with Crippen molar-refractivity contribution in [3.63, 3.8) is 0 Å². The normalized spacial score (nSPS) is 16.1. The van der Waals surface area contributed by atoms with Gasteiger partial charge in [0.2, 0.25) is 0 Å². The molecule has 2 atom stereocenters. The Hall–Kier alpha value is -3.43. The summed E-state index contributed by atoms with van der Waals surface area (Å²) in [4.78, 5) is 23.5. The summed E-state index contributed by atoms with van der Waals surface area (Å²) in [6, 6.07) is 4.80. The third-order valence-corrected chi connectivity index (χ3v) is 6.45. The van der Waals surface area contributed by atoms with Crippen LogP contribution in [-0.2, 0) is 9.59 Å². The van der Waals surface area contributed by atoms with Gasteiger partial charge in [-0.1, -0.05) is 23.2 Å². The van der Waals surface area contributed by atoms with Gasteiger partial charge in [0, 0.05) is 40.7 Å².